The molecule has 17 heavy (non-hydrogen) atoms. The Balaban J connectivity index is 3.95. The van der Waals surface area contributed by atoms with Gasteiger partial charge in [0.05, 0.1) is 0 Å². The third-order valence-electron chi connectivity index (χ3n) is 2.06. The fourth-order valence-corrected chi connectivity index (χ4v) is 5.73. The highest BCUT2D eigenvalue weighted by Gasteiger charge is 2.24. The second-order valence-corrected chi connectivity index (χ2v) is 8.80. The van der Waals surface area contributed by atoms with Gasteiger partial charge < -0.3 is 0 Å². The van der Waals surface area contributed by atoms with Crippen molar-refractivity contribution in [1.82, 2.24) is 0 Å². The van der Waals surface area contributed by atoms with Gasteiger partial charge in [0.1, 0.15) is 0 Å². The molecule has 0 fully saturated rings. The summed E-state index contributed by atoms with van der Waals surface area (Å²) in [5.74, 6) is 10.1. The quantitative estimate of drug-likeness (QED) is 0.361. The van der Waals surface area contributed by atoms with Crippen LogP contribution in [0, 0.1) is 5.41 Å². The first-order valence-electron chi connectivity index (χ1n) is 5.74. The van der Waals surface area contributed by atoms with Crippen molar-refractivity contribution in [2.24, 2.45) is 5.41 Å². The van der Waals surface area contributed by atoms with E-state index in [-0.39, 0.29) is 0 Å². The van der Waals surface area contributed by atoms with Crippen LogP contribution in [0.1, 0.15) is 6.92 Å². The molecule has 104 valence electrons. The molecule has 0 unspecified atom stereocenters. The van der Waals surface area contributed by atoms with Crippen molar-refractivity contribution in [3.05, 3.63) is 0 Å². The first-order valence-corrected chi connectivity index (χ1v) is 11.1. The average molecular weight is 349 g/mol. The van der Waals surface area contributed by atoms with Gasteiger partial charge in [-0.3, -0.25) is 0 Å². The van der Waals surface area contributed by atoms with Crippen molar-refractivity contribution in [3.8, 4) is 0 Å². The highest BCUT2D eigenvalue weighted by Crippen LogP contribution is 2.31. The second kappa shape index (κ2) is 13.1. The van der Waals surface area contributed by atoms with E-state index in [0.29, 0.717) is 5.41 Å². The molecule has 0 aromatic rings. The van der Waals surface area contributed by atoms with Crippen LogP contribution in [-0.2, 0) is 0 Å². The minimum atomic E-state index is 0.439. The van der Waals surface area contributed by atoms with Crippen LogP contribution in [-0.4, -0.2) is 51.8 Å². The summed E-state index contributed by atoms with van der Waals surface area (Å²) in [7, 11) is 0. The van der Waals surface area contributed by atoms with Crippen LogP contribution >= 0.6 is 73.2 Å². The first kappa shape index (κ1) is 19.1. The molecule has 0 aliphatic carbocycles. The molecule has 0 aromatic heterocycles. The van der Waals surface area contributed by atoms with Crippen LogP contribution in [0.2, 0.25) is 0 Å². The molecule has 0 heterocycles. The largest absolute Gasteiger partial charge is 0.179 e. The molecular formula is C11H24S6. The Bertz CT molecular complexity index is 138. The fourth-order valence-electron chi connectivity index (χ4n) is 1.27. The fraction of sp³-hybridized carbons (Fsp3) is 1.00. The highest BCUT2D eigenvalue weighted by atomic mass is 32.2. The zero-order chi connectivity index (χ0) is 13.0. The smallest absolute Gasteiger partial charge is 0.00212 e. The van der Waals surface area contributed by atoms with Crippen LogP contribution in [0.4, 0.5) is 0 Å². The molecule has 0 bridgehead atoms. The maximum absolute atomic E-state index is 4.27. The monoisotopic (exact) mass is 348 g/mol. The van der Waals surface area contributed by atoms with Gasteiger partial charge in [0.25, 0.3) is 0 Å². The Labute approximate surface area is 136 Å². The molecule has 0 N–H and O–H groups in total. The molecule has 0 aliphatic rings. The number of thioether (sulfide) groups is 3. The lowest BCUT2D eigenvalue weighted by Gasteiger charge is -2.28. The standard InChI is InChI=1S/C11H24S6/c1-11(8-15-5-2-12,9-16-6-3-13)10-17-7-4-14/h12-14H,2-10H2,1H3. The van der Waals surface area contributed by atoms with Crippen molar-refractivity contribution >= 4 is 73.2 Å². The van der Waals surface area contributed by atoms with Crippen molar-refractivity contribution in [2.75, 3.05) is 51.8 Å². The number of hydrogen-bond donors (Lipinski definition) is 3. The Morgan fingerprint density at radius 3 is 1.24 bits per heavy atom. The maximum atomic E-state index is 4.27. The van der Waals surface area contributed by atoms with Crippen molar-refractivity contribution < 1.29 is 0 Å². The summed E-state index contributed by atoms with van der Waals surface area (Å²) in [6, 6.07) is 0. The molecular weight excluding hydrogens is 325 g/mol. The van der Waals surface area contributed by atoms with Gasteiger partial charge in [-0.2, -0.15) is 73.2 Å². The average Bonchev–Trinajstić information content (AvgIpc) is 2.30. The van der Waals surface area contributed by atoms with Crippen molar-refractivity contribution in [3.63, 3.8) is 0 Å². The zero-order valence-corrected chi connectivity index (χ0v) is 15.6. The summed E-state index contributed by atoms with van der Waals surface area (Å²) in [6.45, 7) is 2.41. The van der Waals surface area contributed by atoms with E-state index < -0.39 is 0 Å². The first-order chi connectivity index (χ1) is 8.18. The highest BCUT2D eigenvalue weighted by molar-refractivity contribution is 8.01. The summed E-state index contributed by atoms with van der Waals surface area (Å²) in [5.41, 5.74) is 0.439. The van der Waals surface area contributed by atoms with Gasteiger partial charge >= 0.3 is 0 Å². The van der Waals surface area contributed by atoms with Gasteiger partial charge in [-0.05, 0) is 22.7 Å². The molecule has 0 saturated heterocycles. The third kappa shape index (κ3) is 11.6. The van der Waals surface area contributed by atoms with Crippen LogP contribution in [0.25, 0.3) is 0 Å². The molecule has 6 heteroatoms. The minimum absolute atomic E-state index is 0.439. The number of thiol groups is 3. The molecule has 0 aliphatic heterocycles. The third-order valence-corrected chi connectivity index (χ3v) is 7.82. The van der Waals surface area contributed by atoms with Gasteiger partial charge in [0.2, 0.25) is 0 Å². The second-order valence-electron chi connectivity index (χ2n) is 4.14. The molecule has 0 saturated carbocycles. The van der Waals surface area contributed by atoms with E-state index in [1.807, 2.05) is 35.3 Å². The predicted octanol–water partition coefficient (Wildman–Crippen LogP) is 3.98. The lowest BCUT2D eigenvalue weighted by Crippen LogP contribution is -2.27. The normalized spacial score (nSPS) is 12.0. The Kier molecular flexibility index (Phi) is 14.7. The van der Waals surface area contributed by atoms with E-state index in [4.69, 9.17) is 0 Å². The molecule has 0 radical (unpaired) electrons. The minimum Gasteiger partial charge on any atom is -0.179 e. The van der Waals surface area contributed by atoms with Crippen molar-refractivity contribution in [2.45, 2.75) is 6.92 Å². The number of rotatable bonds is 12. The predicted molar refractivity (Wildman–Crippen MR) is 102 cm³/mol. The van der Waals surface area contributed by atoms with E-state index in [0.717, 1.165) is 34.5 Å². The van der Waals surface area contributed by atoms with Gasteiger partial charge in [0.15, 0.2) is 0 Å². The van der Waals surface area contributed by atoms with Gasteiger partial charge in [-0.15, -0.1) is 0 Å². The molecule has 0 rings (SSSR count). The van der Waals surface area contributed by atoms with Crippen molar-refractivity contribution in [1.29, 1.82) is 0 Å². The summed E-state index contributed by atoms with van der Waals surface area (Å²) < 4.78 is 0. The molecule has 0 amide bonds. The van der Waals surface area contributed by atoms with E-state index in [1.54, 1.807) is 0 Å². The molecule has 0 aromatic carbocycles. The lowest BCUT2D eigenvalue weighted by molar-refractivity contribution is 0.504. The summed E-state index contributed by atoms with van der Waals surface area (Å²) in [6.07, 6.45) is 0. The molecule has 0 nitrogen and oxygen atoms in total. The van der Waals surface area contributed by atoms with E-state index in [9.17, 15) is 0 Å². The SMILES string of the molecule is CC(CSCCS)(CSCCS)CSCCS. The Hall–Kier alpha value is 2.10. The van der Waals surface area contributed by atoms with Crippen LogP contribution in [0.15, 0.2) is 0 Å². The summed E-state index contributed by atoms with van der Waals surface area (Å²) >= 11 is 18.9. The van der Waals surface area contributed by atoms with Crippen LogP contribution in [0.3, 0.4) is 0 Å². The summed E-state index contributed by atoms with van der Waals surface area (Å²) in [4.78, 5) is 0. The van der Waals surface area contributed by atoms with E-state index >= 15 is 0 Å². The molecule has 0 spiro atoms. The number of hydrogen-bond acceptors (Lipinski definition) is 6. The van der Waals surface area contributed by atoms with Crippen LogP contribution in [0.5, 0.6) is 0 Å². The zero-order valence-electron chi connectivity index (χ0n) is 10.4. The van der Waals surface area contributed by atoms with Gasteiger partial charge in [-0.25, -0.2) is 0 Å². The van der Waals surface area contributed by atoms with Gasteiger partial charge in [-0.1, -0.05) is 6.92 Å². The topological polar surface area (TPSA) is 0 Å². The van der Waals surface area contributed by atoms with Gasteiger partial charge in [0, 0.05) is 34.5 Å². The summed E-state index contributed by atoms with van der Waals surface area (Å²) in [5, 5.41) is 0. The Morgan fingerprint density at radius 2 is 1.00 bits per heavy atom. The maximum Gasteiger partial charge on any atom is 0.00212 e. The van der Waals surface area contributed by atoms with E-state index in [1.165, 1.54) is 17.3 Å². The van der Waals surface area contributed by atoms with E-state index in [2.05, 4.69) is 44.8 Å². The Morgan fingerprint density at radius 1 is 0.706 bits per heavy atom. The lowest BCUT2D eigenvalue weighted by atomic mass is 9.99. The molecule has 0 atom stereocenters. The van der Waals surface area contributed by atoms with Crippen LogP contribution < -0.4 is 0 Å².